The molecule has 0 aliphatic heterocycles. The second-order valence-corrected chi connectivity index (χ2v) is 16.0. The van der Waals surface area contributed by atoms with Gasteiger partial charge >= 0.3 is 0 Å². The van der Waals surface area contributed by atoms with Gasteiger partial charge in [-0.15, -0.1) is 0 Å². The molecule has 0 radical (unpaired) electrons. The van der Waals surface area contributed by atoms with Crippen LogP contribution in [-0.2, 0) is 0 Å². The Morgan fingerprint density at radius 1 is 0.448 bits per heavy atom. The van der Waals surface area contributed by atoms with Crippen molar-refractivity contribution in [3.05, 3.63) is 185 Å². The second kappa shape index (κ2) is 13.5. The summed E-state index contributed by atoms with van der Waals surface area (Å²) in [5, 5.41) is 14.5. The van der Waals surface area contributed by atoms with Crippen LogP contribution >= 0.6 is 0 Å². The summed E-state index contributed by atoms with van der Waals surface area (Å²) in [7, 11) is 0. The Balaban J connectivity index is 1.26. The van der Waals surface area contributed by atoms with Crippen LogP contribution in [0.3, 0.4) is 0 Å². The molecule has 0 spiro atoms. The first-order chi connectivity index (χ1) is 28.2. The number of rotatable bonds is 5. The lowest BCUT2D eigenvalue weighted by Crippen LogP contribution is -2.03. The molecular weight excluding hydrogens is 705 g/mol. The largest absolute Gasteiger partial charge is 0.307 e. The molecule has 7 aromatic carbocycles. The maximum atomic E-state index is 9.77. The summed E-state index contributed by atoms with van der Waals surface area (Å²) in [4.78, 5) is 5.37. The van der Waals surface area contributed by atoms with E-state index in [1.165, 1.54) is 77.2 Å². The van der Waals surface area contributed by atoms with E-state index in [2.05, 4.69) is 184 Å². The average Bonchev–Trinajstić information content (AvgIpc) is 3.72. The third kappa shape index (κ3) is 5.54. The van der Waals surface area contributed by atoms with Crippen LogP contribution in [0.5, 0.6) is 0 Å². The normalized spacial score (nSPS) is 11.6. The lowest BCUT2D eigenvalue weighted by atomic mass is 9.93. The molecule has 0 fully saturated rings. The van der Waals surface area contributed by atoms with Gasteiger partial charge in [0.1, 0.15) is 5.82 Å². The van der Waals surface area contributed by atoms with E-state index in [0.29, 0.717) is 5.56 Å². The lowest BCUT2D eigenvalue weighted by Gasteiger charge is -2.17. The third-order valence-electron chi connectivity index (χ3n) is 11.9. The van der Waals surface area contributed by atoms with Gasteiger partial charge in [-0.25, -0.2) is 4.98 Å². The first-order valence-electron chi connectivity index (χ1n) is 19.9. The van der Waals surface area contributed by atoms with E-state index in [9.17, 15) is 5.26 Å². The Bertz CT molecular complexity index is 3300. The number of nitrogens with zero attached hydrogens (tertiary/aromatic N) is 4. The molecule has 10 aromatic rings. The maximum Gasteiger partial charge on any atom is 0.138 e. The Hall–Kier alpha value is -7.22. The van der Waals surface area contributed by atoms with E-state index in [1.807, 2.05) is 18.3 Å². The highest BCUT2D eigenvalue weighted by atomic mass is 15.1. The summed E-state index contributed by atoms with van der Waals surface area (Å²) in [5.74, 6) is 0.830. The van der Waals surface area contributed by atoms with E-state index in [-0.39, 0.29) is 0 Å². The molecule has 0 aliphatic rings. The molecule has 58 heavy (non-hydrogen) atoms. The van der Waals surface area contributed by atoms with E-state index in [1.54, 1.807) is 0 Å². The fourth-order valence-corrected chi connectivity index (χ4v) is 9.72. The highest BCUT2D eigenvalue weighted by Crippen LogP contribution is 2.41. The lowest BCUT2D eigenvalue weighted by molar-refractivity contribution is 1.06. The van der Waals surface area contributed by atoms with Gasteiger partial charge in [0.25, 0.3) is 0 Å². The molecule has 278 valence electrons. The summed E-state index contributed by atoms with van der Waals surface area (Å²) < 4.78 is 4.70. The van der Waals surface area contributed by atoms with Crippen molar-refractivity contribution < 1.29 is 0 Å². The average molecular weight is 747 g/mol. The fourth-order valence-electron chi connectivity index (χ4n) is 9.72. The highest BCUT2D eigenvalue weighted by molar-refractivity contribution is 6.12. The van der Waals surface area contributed by atoms with Crippen molar-refractivity contribution in [1.29, 1.82) is 5.26 Å². The van der Waals surface area contributed by atoms with Crippen LogP contribution in [0.4, 0.5) is 0 Å². The van der Waals surface area contributed by atoms with Gasteiger partial charge in [0.2, 0.25) is 0 Å². The molecule has 0 N–H and O–H groups in total. The predicted octanol–water partition coefficient (Wildman–Crippen LogP) is 14.0. The summed E-state index contributed by atoms with van der Waals surface area (Å²) in [5.41, 5.74) is 20.6. The van der Waals surface area contributed by atoms with E-state index in [0.717, 1.165) is 44.7 Å². The molecule has 10 rings (SSSR count). The molecule has 0 unspecified atom stereocenters. The number of nitriles is 1. The summed E-state index contributed by atoms with van der Waals surface area (Å²) >= 11 is 0. The number of hydrogen-bond donors (Lipinski definition) is 0. The molecule has 4 heteroatoms. The van der Waals surface area contributed by atoms with Gasteiger partial charge in [0.05, 0.1) is 45.6 Å². The standard InChI is InChI=1S/C54H42N4/c1-32-23-34(3)53(35(4)24-32)40-19-21-44-42-11-7-9-13-47(42)57(49(44)27-40)51-31-56-52(29-46(51)39-17-15-38(30-55)16-18-39)58-48-14-10-8-12-43(48)45-22-20-41(28-50(45)58)54-36(5)25-33(2)26-37(54)6/h7-29,31H,1-6H3. The zero-order valence-electron chi connectivity index (χ0n) is 33.6. The van der Waals surface area contributed by atoms with E-state index >= 15 is 0 Å². The molecule has 0 bridgehead atoms. The van der Waals surface area contributed by atoms with Crippen LogP contribution in [0.25, 0.3) is 88.5 Å². The number of aromatic nitrogens is 3. The van der Waals surface area contributed by atoms with Crippen molar-refractivity contribution in [2.24, 2.45) is 0 Å². The van der Waals surface area contributed by atoms with Crippen molar-refractivity contribution in [3.63, 3.8) is 0 Å². The molecule has 0 saturated carbocycles. The van der Waals surface area contributed by atoms with Crippen molar-refractivity contribution in [2.75, 3.05) is 0 Å². The van der Waals surface area contributed by atoms with Crippen molar-refractivity contribution in [2.45, 2.75) is 41.5 Å². The Labute approximate surface area is 338 Å². The number of benzene rings is 7. The molecule has 3 aromatic heterocycles. The topological polar surface area (TPSA) is 46.5 Å². The molecule has 0 atom stereocenters. The maximum absolute atomic E-state index is 9.77. The van der Waals surface area contributed by atoms with Crippen LogP contribution in [0.1, 0.15) is 38.9 Å². The number of aryl methyl sites for hydroxylation is 6. The predicted molar refractivity (Wildman–Crippen MR) is 242 cm³/mol. The molecule has 0 aliphatic carbocycles. The molecule has 0 saturated heterocycles. The first kappa shape index (κ1) is 35.2. The quantitative estimate of drug-likeness (QED) is 0.176. The zero-order chi connectivity index (χ0) is 39.8. The molecule has 4 nitrogen and oxygen atoms in total. The number of pyridine rings is 1. The van der Waals surface area contributed by atoms with Gasteiger partial charge in [-0.1, -0.05) is 108 Å². The summed E-state index contributed by atoms with van der Waals surface area (Å²) in [6, 6.07) is 52.6. The van der Waals surface area contributed by atoms with Crippen molar-refractivity contribution in [3.8, 4) is 51.0 Å². The van der Waals surface area contributed by atoms with E-state index < -0.39 is 0 Å². The van der Waals surface area contributed by atoms with Gasteiger partial charge in [-0.2, -0.15) is 5.26 Å². The first-order valence-corrected chi connectivity index (χ1v) is 19.9. The zero-order valence-corrected chi connectivity index (χ0v) is 33.6. The molecular formula is C54H42N4. The third-order valence-corrected chi connectivity index (χ3v) is 11.9. The fraction of sp³-hybridized carbons (Fsp3) is 0.111. The van der Waals surface area contributed by atoms with E-state index in [4.69, 9.17) is 4.98 Å². The smallest absolute Gasteiger partial charge is 0.138 e. The van der Waals surface area contributed by atoms with Gasteiger partial charge in [0, 0.05) is 27.1 Å². The minimum absolute atomic E-state index is 0.626. The summed E-state index contributed by atoms with van der Waals surface area (Å²) in [6.07, 6.45) is 2.04. The Kier molecular flexibility index (Phi) is 8.18. The van der Waals surface area contributed by atoms with Gasteiger partial charge < -0.3 is 4.57 Å². The minimum Gasteiger partial charge on any atom is -0.307 e. The number of fused-ring (bicyclic) bond motifs is 6. The van der Waals surface area contributed by atoms with Crippen molar-refractivity contribution >= 4 is 43.6 Å². The monoisotopic (exact) mass is 746 g/mol. The SMILES string of the molecule is Cc1cc(C)c(-c2ccc3c4ccccc4n(-c4cc(-c5ccc(C#N)cc5)c(-n5c6ccccc6c6ccc(-c7c(C)cc(C)cc7C)cc65)cn4)c3c2)c(C)c1. The van der Waals surface area contributed by atoms with Crippen LogP contribution in [-0.4, -0.2) is 14.1 Å². The van der Waals surface area contributed by atoms with Gasteiger partial charge in [-0.05, 0) is 134 Å². The van der Waals surface area contributed by atoms with Gasteiger partial charge in [0.15, 0.2) is 0 Å². The highest BCUT2D eigenvalue weighted by Gasteiger charge is 2.21. The second-order valence-electron chi connectivity index (χ2n) is 16.0. The Morgan fingerprint density at radius 3 is 1.41 bits per heavy atom. The van der Waals surface area contributed by atoms with Crippen LogP contribution in [0.2, 0.25) is 0 Å². The molecule has 3 heterocycles. The number of para-hydroxylation sites is 2. The number of hydrogen-bond acceptors (Lipinski definition) is 2. The van der Waals surface area contributed by atoms with Crippen LogP contribution in [0.15, 0.2) is 146 Å². The van der Waals surface area contributed by atoms with Gasteiger partial charge in [-0.3, -0.25) is 4.57 Å². The summed E-state index contributed by atoms with van der Waals surface area (Å²) in [6.45, 7) is 13.2. The van der Waals surface area contributed by atoms with Crippen molar-refractivity contribution in [1.82, 2.24) is 14.1 Å². The Morgan fingerprint density at radius 2 is 0.897 bits per heavy atom. The molecule has 0 amide bonds. The van der Waals surface area contributed by atoms with Crippen LogP contribution in [0, 0.1) is 52.9 Å². The van der Waals surface area contributed by atoms with Crippen LogP contribution < -0.4 is 0 Å². The minimum atomic E-state index is 0.626.